The number of rotatable bonds is 47. The van der Waals surface area contributed by atoms with E-state index in [1.807, 2.05) is 13.8 Å². The van der Waals surface area contributed by atoms with E-state index in [0.717, 1.165) is 76.2 Å². The van der Waals surface area contributed by atoms with E-state index in [0.29, 0.717) is 23.8 Å². The highest BCUT2D eigenvalue weighted by Crippen LogP contribution is 2.57. The van der Waals surface area contributed by atoms with Crippen molar-refractivity contribution in [2.45, 2.75) is 301 Å². The number of H-pyrrole nitrogens is 1. The van der Waals surface area contributed by atoms with Gasteiger partial charge in [-0.25, -0.2) is 19.6 Å². The highest BCUT2D eigenvalue weighted by atomic mass is 33.1. The lowest BCUT2D eigenvalue weighted by molar-refractivity contribution is -0.353. The van der Waals surface area contributed by atoms with Crippen LogP contribution in [-0.2, 0) is 97.2 Å². The fraction of sp³-hybridized carbons (Fsp3) is 0.708. The molecule has 1 spiro atoms. The van der Waals surface area contributed by atoms with Gasteiger partial charge in [0.15, 0.2) is 34.5 Å². The molecule has 0 aliphatic carbocycles. The number of nitrogens with one attached hydrogen (secondary N) is 6. The van der Waals surface area contributed by atoms with Crippen LogP contribution in [0, 0.1) is 59.2 Å². The number of nitrogens with zero attached hydrogens (tertiary/aromatic N) is 4. The van der Waals surface area contributed by atoms with Crippen LogP contribution in [0.1, 0.15) is 221 Å². The predicted molar refractivity (Wildman–Crippen MR) is 482 cm³/mol. The van der Waals surface area contributed by atoms with Crippen molar-refractivity contribution in [3.05, 3.63) is 52.1 Å². The first-order valence-electron chi connectivity index (χ1n) is 45.1. The van der Waals surface area contributed by atoms with Crippen LogP contribution in [0.15, 0.2) is 40.2 Å². The Labute approximate surface area is 773 Å². The summed E-state index contributed by atoms with van der Waals surface area (Å²) in [6, 6.07) is 0.670. The van der Waals surface area contributed by atoms with Crippen molar-refractivity contribution in [3.63, 3.8) is 0 Å². The maximum atomic E-state index is 13.8. The molecule has 0 bridgehead atoms. The number of hydrogen-bond donors (Lipinski definition) is 15. The van der Waals surface area contributed by atoms with Crippen LogP contribution < -0.4 is 49.3 Å². The van der Waals surface area contributed by atoms with Gasteiger partial charge in [0.25, 0.3) is 11.5 Å². The molecule has 18 N–H and O–H groups in total. The number of aliphatic hydroxyl groups is 1. The molecule has 1 aromatic carbocycles. The Morgan fingerprint density at radius 3 is 2.00 bits per heavy atom. The topological polar surface area (TPSA) is 639 Å². The first-order valence-corrected chi connectivity index (χ1v) is 47.5. The number of anilines is 2. The van der Waals surface area contributed by atoms with Crippen LogP contribution in [0.25, 0.3) is 11.2 Å². The number of ether oxygens (including phenoxy) is 8. The quantitative estimate of drug-likeness (QED) is 0.0124. The Kier molecular flexibility index (Phi) is 39.6. The van der Waals surface area contributed by atoms with Crippen molar-refractivity contribution in [2.75, 3.05) is 49.4 Å². The summed E-state index contributed by atoms with van der Waals surface area (Å²) in [6.07, 6.45) is 0.266. The number of amides is 4. The number of aromatic amines is 1. The third kappa shape index (κ3) is 29.7. The zero-order chi connectivity index (χ0) is 97.6. The van der Waals surface area contributed by atoms with Gasteiger partial charge in [-0.1, -0.05) is 83.9 Å². The van der Waals surface area contributed by atoms with E-state index in [9.17, 15) is 97.8 Å². The van der Waals surface area contributed by atoms with Crippen LogP contribution in [0.4, 0.5) is 16.4 Å². The number of nitrogens with two attached hydrogens (primary N) is 3. The maximum Gasteiger partial charge on any atom is 0.407 e. The third-order valence-electron chi connectivity index (χ3n) is 26.1. The number of benzene rings is 1. The lowest BCUT2D eigenvalue weighted by Gasteiger charge is -2.50. The van der Waals surface area contributed by atoms with Crippen LogP contribution in [-0.4, -0.2) is 261 Å². The minimum Gasteiger partial charge on any atom is -0.481 e. The first-order chi connectivity index (χ1) is 62.1. The van der Waals surface area contributed by atoms with Crippen molar-refractivity contribution in [1.29, 1.82) is 0 Å². The molecular formula is C89H133N13O28S2. The van der Waals surface area contributed by atoms with E-state index in [1.165, 1.54) is 30.5 Å². The van der Waals surface area contributed by atoms with Gasteiger partial charge in [-0.3, -0.25) is 67.5 Å². The molecule has 8 heterocycles. The molecular weight excluding hydrogens is 1760 g/mol. The summed E-state index contributed by atoms with van der Waals surface area (Å²) >= 11 is 0. The number of aromatic nitrogens is 4. The Hall–Kier alpha value is -9.60. The van der Waals surface area contributed by atoms with Crippen LogP contribution in [0.5, 0.6) is 0 Å². The third-order valence-corrected chi connectivity index (χ3v) is 28.6. The number of aliphatic imine (C=N–C) groups is 1. The van der Waals surface area contributed by atoms with Gasteiger partial charge in [0.2, 0.25) is 23.5 Å². The zero-order valence-corrected chi connectivity index (χ0v) is 78.8. The van der Waals surface area contributed by atoms with E-state index in [4.69, 9.17) is 55.1 Å². The number of nitrogen functional groups attached to an aromatic ring is 1. The molecule has 6 aliphatic rings. The number of carbonyl (C=O) groups excluding carboxylic acids is 8. The summed E-state index contributed by atoms with van der Waals surface area (Å²) in [7, 11) is 5.25. The fourth-order valence-electron chi connectivity index (χ4n) is 18.7. The number of methoxy groups -OCH3 is 1. The highest BCUT2D eigenvalue weighted by Gasteiger charge is 2.65. The van der Waals surface area contributed by atoms with Crippen molar-refractivity contribution in [1.82, 2.24) is 41.2 Å². The van der Waals surface area contributed by atoms with Crippen molar-refractivity contribution < 1.29 is 131 Å². The SMILES string of the molecule is CCSSCCNC(=O)OC[C@]1(O)O[C@@H]([C@H]2C[C@H](C)[C@H]([C@]3(C)CCC([C@@]4(C)C[C@@H](C)[C@@]5(O[C@H](C[C@H]6CC[C@H](C)C([C@@H](C)C(C)=O)O6)C[C@@H](OC)[C@H]5C)O4)O3)O2)[C@@H](C)C[C@H]1C.C[C@H](CC(=O)[C@H](CC(=O)O)NC(=O)[C@H](CC(=O)O)CC(=O)[C@H](CCCN=C(N)N)NC(=O)[C@H](CC(=O)O)CC(=O)CC[C@H](NC(=O)c1ccc(NCc2cnc3nc(N)[nH]c(=O)c3n2)cc1)C(=O)O)C(=O)O. The zero-order valence-electron chi connectivity index (χ0n) is 77.2. The second-order valence-electron chi connectivity index (χ2n) is 36.6. The van der Waals surface area contributed by atoms with E-state index in [-0.39, 0.29) is 151 Å². The molecule has 9 rings (SSSR count). The van der Waals surface area contributed by atoms with Crippen molar-refractivity contribution in [3.8, 4) is 0 Å². The normalized spacial score (nSPS) is 29.0. The van der Waals surface area contributed by atoms with Gasteiger partial charge in [0.05, 0.1) is 128 Å². The van der Waals surface area contributed by atoms with Gasteiger partial charge < -0.3 is 112 Å². The summed E-state index contributed by atoms with van der Waals surface area (Å²) in [5.41, 5.74) is 15.4. The first kappa shape index (κ1) is 108. The Morgan fingerprint density at radius 1 is 0.712 bits per heavy atom. The molecule has 132 heavy (non-hydrogen) atoms. The number of carbonyl (C=O) groups is 13. The summed E-state index contributed by atoms with van der Waals surface area (Å²) in [5, 5.41) is 71.8. The maximum absolute atomic E-state index is 13.8. The fourth-order valence-corrected chi connectivity index (χ4v) is 20.3. The average Bonchev–Trinajstić information content (AvgIpc) is 1.57. The smallest absolute Gasteiger partial charge is 0.407 e. The Bertz CT molecular complexity index is 4650. The van der Waals surface area contributed by atoms with Gasteiger partial charge in [0.1, 0.15) is 24.2 Å². The second-order valence-corrected chi connectivity index (χ2v) is 39.5. The molecule has 41 nitrogen and oxygen atoms in total. The summed E-state index contributed by atoms with van der Waals surface area (Å²) in [4.78, 5) is 194. The molecule has 2 aromatic heterocycles. The summed E-state index contributed by atoms with van der Waals surface area (Å²) in [6.45, 7) is 24.5. The minimum atomic E-state index is -1.82. The molecule has 0 radical (unpaired) electrons. The van der Waals surface area contributed by atoms with E-state index in [1.54, 1.807) is 35.6 Å². The van der Waals surface area contributed by atoms with Gasteiger partial charge >= 0.3 is 35.9 Å². The predicted octanol–water partition coefficient (Wildman–Crippen LogP) is 6.49. The van der Waals surface area contributed by atoms with Crippen LogP contribution in [0.2, 0.25) is 0 Å². The monoisotopic (exact) mass is 1900 g/mol. The van der Waals surface area contributed by atoms with Gasteiger partial charge in [-0.2, -0.15) is 4.98 Å². The minimum absolute atomic E-state index is 0.00699. The standard InChI is InChI=1S/C46H79NO11S2.C43H54N12O17/c1-13-59-60-19-18-47-42(49)52-25-45(50)29(5)20-27(3)40(57-45)37-21-28(4)41(54-37)43(10)17-16-38(56-43)44(11)24-30(6)46(58-44)32(8)36(51-12)23-35(55-46)22-34-15-14-26(2)39(53-34)31(7)33(9)48;1-19(40(69)70)11-29(57)28(16-33(63)64)53-38(67)22(15-32(61)62)13-30(58)26(3-2-10-47-42(44)45)51-37(66)21(14-31(59)60)12-25(56)8-9-27(41(71)72)52-36(65)20-4-6-23(7-5-20)48-17-24-18-49-35-34(50-24)39(68)55-43(46)54-35/h26-32,34-41,50H,13-25H2,1-12H3,(H,47,49);4-7,18-19,21-22,26-28,48H,2-3,8-17H2,1H3,(H,51,66)(H,52,65)(H,53,67)(H,59,60)(H,61,62)(H,63,64)(H,69,70)(H,71,72)(H4,44,45,47)(H3,46,49,54,55,68)/t26-,27-,28-,29+,30+,31-,32+,34+,35+,36+,37+,38?,39?,40+,41+,43-,44+,45-,46+;19-,21+,22+,26+,27+,28+/m01/s1. The molecule has 6 fully saturated rings. The van der Waals surface area contributed by atoms with Gasteiger partial charge in [-0.15, -0.1) is 0 Å². The van der Waals surface area contributed by atoms with Crippen LogP contribution in [0.3, 0.4) is 0 Å². The number of carboxylic acid groups (broad SMARTS) is 5. The number of fused-ring (bicyclic) bond motifs is 1. The average molecular weight is 1900 g/mol. The molecule has 43 heteroatoms. The lowest BCUT2D eigenvalue weighted by Crippen LogP contribution is -2.58. The lowest BCUT2D eigenvalue weighted by atomic mass is 9.78. The van der Waals surface area contributed by atoms with Gasteiger partial charge in [0, 0.05) is 105 Å². The number of Topliss-reactive ketones (excluding diaryl/α,β-unsaturated/α-hetero) is 4. The molecule has 6 saturated heterocycles. The molecule has 4 amide bonds. The number of guanidine groups is 1. The number of hydrogen-bond acceptors (Lipinski definition) is 31. The largest absolute Gasteiger partial charge is 0.481 e. The number of aliphatic carboxylic acids is 5. The van der Waals surface area contributed by atoms with Crippen molar-refractivity contribution >= 4 is 127 Å². The number of carboxylic acids is 5. The van der Waals surface area contributed by atoms with E-state index < -0.39 is 187 Å². The van der Waals surface area contributed by atoms with Crippen LogP contribution >= 0.6 is 21.6 Å². The van der Waals surface area contributed by atoms with Gasteiger partial charge in [-0.05, 0) is 127 Å². The molecule has 2 unspecified atom stereocenters. The molecule has 6 aliphatic heterocycles. The number of ketones is 4. The molecule has 734 valence electrons. The molecule has 3 aromatic rings. The highest BCUT2D eigenvalue weighted by molar-refractivity contribution is 8.76. The van der Waals surface area contributed by atoms with E-state index >= 15 is 0 Å². The van der Waals surface area contributed by atoms with E-state index in [2.05, 4.69) is 107 Å². The summed E-state index contributed by atoms with van der Waals surface area (Å²) in [5.74, 6) is -19.0. The second kappa shape index (κ2) is 48.5. The Balaban J connectivity index is 0.000000330. The van der Waals surface area contributed by atoms with Crippen molar-refractivity contribution in [2.24, 2.45) is 75.6 Å². The number of alkyl carbamates (subject to hydrolysis) is 1. The molecule has 25 atom stereocenters. The molecule has 0 saturated carbocycles. The summed E-state index contributed by atoms with van der Waals surface area (Å²) < 4.78 is 53.4. The Morgan fingerprint density at radius 2 is 1.37 bits per heavy atom.